The Morgan fingerprint density at radius 1 is 0.862 bits per heavy atom. The number of ether oxygens (including phenoxy) is 2. The van der Waals surface area contributed by atoms with E-state index >= 15 is 0 Å². The number of carbonyl (C=O) groups excluding carboxylic acids is 1. The minimum Gasteiger partial charge on any atom is -0.493 e. The molecular formula is C20H16BCl3O5. The number of hydrogen-bond acceptors (Lipinski definition) is 5. The van der Waals surface area contributed by atoms with E-state index in [-0.39, 0.29) is 0 Å². The van der Waals surface area contributed by atoms with E-state index in [2.05, 4.69) is 0 Å². The summed E-state index contributed by atoms with van der Waals surface area (Å²) in [6.45, 7) is 0. The molecule has 0 unspecified atom stereocenters. The molecule has 3 rings (SSSR count). The molecule has 3 aromatic carbocycles. The Bertz CT molecular complexity index is 982. The van der Waals surface area contributed by atoms with Gasteiger partial charge in [-0.2, -0.15) is 0 Å². The van der Waals surface area contributed by atoms with Crippen LogP contribution >= 0.6 is 34.8 Å². The first-order valence-corrected chi connectivity index (χ1v) is 9.35. The van der Waals surface area contributed by atoms with Crippen molar-refractivity contribution < 1.29 is 24.3 Å². The summed E-state index contributed by atoms with van der Waals surface area (Å²) in [5.74, 6) is 1.57. The Labute approximate surface area is 183 Å². The second-order valence-corrected chi connectivity index (χ2v) is 6.91. The monoisotopic (exact) mass is 452 g/mol. The fourth-order valence-electron chi connectivity index (χ4n) is 2.20. The minimum absolute atomic E-state index is 0.328. The topological polar surface area (TPSA) is 76.0 Å². The quantitative estimate of drug-likeness (QED) is 0.435. The molecule has 0 aliphatic rings. The van der Waals surface area contributed by atoms with Crippen LogP contribution in [0.4, 0.5) is 0 Å². The smallest absolute Gasteiger partial charge is 0.488 e. The van der Waals surface area contributed by atoms with Gasteiger partial charge < -0.3 is 19.5 Å². The maximum absolute atomic E-state index is 10.2. The first-order valence-electron chi connectivity index (χ1n) is 8.21. The van der Waals surface area contributed by atoms with Crippen molar-refractivity contribution in [3.05, 3.63) is 81.3 Å². The SMILES string of the molecule is COc1cc(Cl)ccc1Oc1ccc(Cl)cc1Cl.O=Cc1cccc(B(O)O)c1. The standard InChI is InChI=1S/C13H9Cl3O2.C7H7BO3/c1-17-13-7-9(15)3-5-12(13)18-11-4-2-8(14)6-10(11)16;9-5-6-2-1-3-7(4-6)8(10)11/h2-7H,1H3;1-5,10-11H. The van der Waals surface area contributed by atoms with E-state index in [1.165, 1.54) is 12.1 Å². The van der Waals surface area contributed by atoms with E-state index in [0.717, 1.165) is 0 Å². The van der Waals surface area contributed by atoms with E-state index < -0.39 is 7.12 Å². The predicted octanol–water partition coefficient (Wildman–Crippen LogP) is 4.63. The number of halogens is 3. The van der Waals surface area contributed by atoms with Gasteiger partial charge in [0.15, 0.2) is 11.5 Å². The highest BCUT2D eigenvalue weighted by molar-refractivity contribution is 6.58. The number of hydrogen-bond donors (Lipinski definition) is 2. The van der Waals surface area contributed by atoms with Crippen LogP contribution in [-0.4, -0.2) is 30.6 Å². The lowest BCUT2D eigenvalue weighted by molar-refractivity contribution is 0.112. The fraction of sp³-hybridized carbons (Fsp3) is 0.0500. The molecule has 0 heterocycles. The second-order valence-electron chi connectivity index (χ2n) is 5.63. The molecule has 0 radical (unpaired) electrons. The minimum atomic E-state index is -1.50. The number of methoxy groups -OCH3 is 1. The van der Waals surface area contributed by atoms with Crippen LogP contribution in [0, 0.1) is 0 Å². The Hall–Kier alpha value is -2.22. The molecule has 0 bridgehead atoms. The van der Waals surface area contributed by atoms with Crippen LogP contribution in [0.1, 0.15) is 10.4 Å². The summed E-state index contributed by atoms with van der Waals surface area (Å²) in [6, 6.07) is 16.3. The summed E-state index contributed by atoms with van der Waals surface area (Å²) in [5.41, 5.74) is 0.769. The largest absolute Gasteiger partial charge is 0.493 e. The highest BCUT2D eigenvalue weighted by Gasteiger charge is 2.10. The Kier molecular flexibility index (Phi) is 8.82. The molecular weight excluding hydrogens is 437 g/mol. The third-order valence-corrected chi connectivity index (χ3v) is 4.35. The highest BCUT2D eigenvalue weighted by Crippen LogP contribution is 2.37. The van der Waals surface area contributed by atoms with E-state index in [1.54, 1.807) is 55.6 Å². The van der Waals surface area contributed by atoms with E-state index in [0.29, 0.717) is 49.6 Å². The molecule has 0 saturated heterocycles. The number of benzene rings is 3. The van der Waals surface area contributed by atoms with Crippen molar-refractivity contribution in [1.29, 1.82) is 0 Å². The van der Waals surface area contributed by atoms with Crippen molar-refractivity contribution in [2.75, 3.05) is 7.11 Å². The molecule has 0 amide bonds. The third kappa shape index (κ3) is 6.96. The van der Waals surface area contributed by atoms with Crippen LogP contribution in [0.2, 0.25) is 15.1 Å². The molecule has 0 atom stereocenters. The van der Waals surface area contributed by atoms with Crippen molar-refractivity contribution in [1.82, 2.24) is 0 Å². The summed E-state index contributed by atoms with van der Waals surface area (Å²) >= 11 is 17.7. The zero-order valence-corrected chi connectivity index (χ0v) is 17.4. The lowest BCUT2D eigenvalue weighted by Gasteiger charge is -2.11. The zero-order valence-electron chi connectivity index (χ0n) is 15.2. The van der Waals surface area contributed by atoms with E-state index in [9.17, 15) is 4.79 Å². The van der Waals surface area contributed by atoms with Gasteiger partial charge in [-0.05, 0) is 35.8 Å². The van der Waals surface area contributed by atoms with Gasteiger partial charge in [-0.1, -0.05) is 59.1 Å². The number of aldehydes is 1. The molecule has 5 nitrogen and oxygen atoms in total. The fourth-order valence-corrected chi connectivity index (χ4v) is 2.80. The van der Waals surface area contributed by atoms with Crippen molar-refractivity contribution in [2.24, 2.45) is 0 Å². The molecule has 0 fully saturated rings. The van der Waals surface area contributed by atoms with Gasteiger partial charge in [-0.15, -0.1) is 0 Å². The van der Waals surface area contributed by atoms with Gasteiger partial charge in [0.2, 0.25) is 0 Å². The number of rotatable bonds is 5. The molecule has 0 aliphatic heterocycles. The maximum Gasteiger partial charge on any atom is 0.488 e. The second kappa shape index (κ2) is 11.1. The Balaban J connectivity index is 0.000000234. The van der Waals surface area contributed by atoms with E-state index in [1.807, 2.05) is 0 Å². The summed E-state index contributed by atoms with van der Waals surface area (Å²) in [5, 5.41) is 18.9. The lowest BCUT2D eigenvalue weighted by atomic mass is 9.80. The predicted molar refractivity (Wildman–Crippen MR) is 116 cm³/mol. The van der Waals surface area contributed by atoms with Gasteiger partial charge in [0, 0.05) is 21.7 Å². The van der Waals surface area contributed by atoms with E-state index in [4.69, 9.17) is 54.3 Å². The van der Waals surface area contributed by atoms with Gasteiger partial charge in [0.25, 0.3) is 0 Å². The molecule has 150 valence electrons. The Morgan fingerprint density at radius 3 is 2.10 bits per heavy atom. The maximum atomic E-state index is 10.2. The molecule has 0 aliphatic carbocycles. The normalized spacial score (nSPS) is 9.86. The molecule has 0 saturated carbocycles. The van der Waals surface area contributed by atoms with Crippen LogP contribution in [0.5, 0.6) is 17.2 Å². The molecule has 9 heteroatoms. The van der Waals surface area contributed by atoms with Gasteiger partial charge in [0.05, 0.1) is 12.1 Å². The molecule has 29 heavy (non-hydrogen) atoms. The number of carbonyl (C=O) groups is 1. The van der Waals surface area contributed by atoms with Crippen molar-refractivity contribution in [3.63, 3.8) is 0 Å². The van der Waals surface area contributed by atoms with Crippen molar-refractivity contribution in [3.8, 4) is 17.2 Å². The summed E-state index contributed by atoms with van der Waals surface area (Å²) in [6.07, 6.45) is 0.659. The summed E-state index contributed by atoms with van der Waals surface area (Å²) in [7, 11) is 0.0389. The molecule has 2 N–H and O–H groups in total. The third-order valence-electron chi connectivity index (χ3n) is 3.58. The van der Waals surface area contributed by atoms with Crippen LogP contribution in [-0.2, 0) is 0 Å². The van der Waals surface area contributed by atoms with Gasteiger partial charge in [-0.25, -0.2) is 0 Å². The van der Waals surface area contributed by atoms with Crippen LogP contribution in [0.15, 0.2) is 60.7 Å². The molecule has 0 spiro atoms. The first-order chi connectivity index (χ1) is 13.8. The summed E-state index contributed by atoms with van der Waals surface area (Å²) in [4.78, 5) is 10.2. The van der Waals surface area contributed by atoms with Gasteiger partial charge >= 0.3 is 7.12 Å². The molecule has 3 aromatic rings. The van der Waals surface area contributed by atoms with Crippen LogP contribution in [0.3, 0.4) is 0 Å². The van der Waals surface area contributed by atoms with Crippen molar-refractivity contribution in [2.45, 2.75) is 0 Å². The first kappa shape index (κ1) is 23.1. The average Bonchev–Trinajstić information content (AvgIpc) is 2.71. The average molecular weight is 454 g/mol. The highest BCUT2D eigenvalue weighted by atomic mass is 35.5. The van der Waals surface area contributed by atoms with Crippen LogP contribution < -0.4 is 14.9 Å². The lowest BCUT2D eigenvalue weighted by Crippen LogP contribution is -2.29. The van der Waals surface area contributed by atoms with Crippen LogP contribution in [0.25, 0.3) is 0 Å². The Morgan fingerprint density at radius 2 is 1.52 bits per heavy atom. The zero-order chi connectivity index (χ0) is 21.4. The molecule has 0 aromatic heterocycles. The summed E-state index contributed by atoms with van der Waals surface area (Å²) < 4.78 is 10.9. The van der Waals surface area contributed by atoms with Crippen molar-refractivity contribution >= 4 is 53.7 Å². The van der Waals surface area contributed by atoms with Gasteiger partial charge in [-0.3, -0.25) is 4.79 Å². The van der Waals surface area contributed by atoms with Gasteiger partial charge in [0.1, 0.15) is 12.0 Å².